The van der Waals surface area contributed by atoms with E-state index in [-0.39, 0.29) is 0 Å². The normalized spacial score (nSPS) is 11.5. The third-order valence-electron chi connectivity index (χ3n) is 9.26. The van der Waals surface area contributed by atoms with E-state index in [2.05, 4.69) is 193 Å². The third kappa shape index (κ3) is 4.92. The summed E-state index contributed by atoms with van der Waals surface area (Å²) in [5.41, 5.74) is 12.4. The molecule has 9 rings (SSSR count). The van der Waals surface area contributed by atoms with Crippen LogP contribution in [0.4, 0.5) is 17.1 Å². The predicted octanol–water partition coefficient (Wildman–Crippen LogP) is 13.1. The summed E-state index contributed by atoms with van der Waals surface area (Å²) >= 11 is 0. The number of hydrogen-bond acceptors (Lipinski definition) is 2. The van der Waals surface area contributed by atoms with Gasteiger partial charge >= 0.3 is 0 Å². The number of anilines is 3. The predicted molar refractivity (Wildman–Crippen MR) is 200 cm³/mol. The van der Waals surface area contributed by atoms with Crippen molar-refractivity contribution >= 4 is 27.8 Å². The van der Waals surface area contributed by atoms with Gasteiger partial charge in [0.2, 0.25) is 0 Å². The summed E-state index contributed by atoms with van der Waals surface area (Å²) in [5.74, 6) is 1.70. The highest BCUT2D eigenvalue weighted by Crippen LogP contribution is 2.51. The van der Waals surface area contributed by atoms with Crippen molar-refractivity contribution < 1.29 is 4.74 Å². The van der Waals surface area contributed by atoms with Gasteiger partial charge in [0, 0.05) is 28.2 Å². The molecule has 1 aliphatic rings. The van der Waals surface area contributed by atoms with Crippen molar-refractivity contribution in [3.63, 3.8) is 0 Å². The molecule has 0 aromatic heterocycles. The van der Waals surface area contributed by atoms with E-state index in [0.29, 0.717) is 0 Å². The molecule has 0 N–H and O–H groups in total. The van der Waals surface area contributed by atoms with Crippen LogP contribution in [0.15, 0.2) is 188 Å². The molecular formula is C46H31NO. The van der Waals surface area contributed by atoms with Crippen molar-refractivity contribution in [3.8, 4) is 56.0 Å². The Morgan fingerprint density at radius 1 is 0.312 bits per heavy atom. The summed E-state index contributed by atoms with van der Waals surface area (Å²) in [4.78, 5) is 2.34. The Balaban J connectivity index is 1.22. The fourth-order valence-corrected chi connectivity index (χ4v) is 6.96. The molecular weight excluding hydrogens is 583 g/mol. The lowest BCUT2D eigenvalue weighted by Crippen LogP contribution is -2.10. The first-order valence-corrected chi connectivity index (χ1v) is 16.3. The lowest BCUT2D eigenvalue weighted by atomic mass is 9.89. The van der Waals surface area contributed by atoms with E-state index in [4.69, 9.17) is 4.74 Å². The molecule has 8 aromatic rings. The highest BCUT2D eigenvalue weighted by molar-refractivity contribution is 5.98. The molecule has 0 unspecified atom stereocenters. The van der Waals surface area contributed by atoms with Gasteiger partial charge in [0.25, 0.3) is 0 Å². The summed E-state index contributed by atoms with van der Waals surface area (Å²) in [7, 11) is 0. The van der Waals surface area contributed by atoms with Gasteiger partial charge < -0.3 is 9.64 Å². The molecule has 0 saturated carbocycles. The van der Waals surface area contributed by atoms with Crippen LogP contribution < -0.4 is 9.64 Å². The van der Waals surface area contributed by atoms with Gasteiger partial charge in [-0.15, -0.1) is 0 Å². The van der Waals surface area contributed by atoms with Gasteiger partial charge in [-0.25, -0.2) is 0 Å². The minimum absolute atomic E-state index is 0.841. The SMILES string of the molecule is c1ccc(-c2ccc(N(c3ccc4c(c3)-c3ccccc3-c3c(cccc3-c3ccccc3)O4)c3ccc4ccccc4c3)cc2)cc1. The monoisotopic (exact) mass is 613 g/mol. The van der Waals surface area contributed by atoms with E-state index >= 15 is 0 Å². The molecule has 2 nitrogen and oxygen atoms in total. The first-order valence-electron chi connectivity index (χ1n) is 16.3. The zero-order valence-electron chi connectivity index (χ0n) is 26.3. The molecule has 1 aliphatic heterocycles. The fraction of sp³-hybridized carbons (Fsp3) is 0. The number of nitrogens with zero attached hydrogens (tertiary/aromatic N) is 1. The molecule has 0 saturated heterocycles. The summed E-state index contributed by atoms with van der Waals surface area (Å²) in [5, 5.41) is 2.42. The number of rotatable bonds is 5. The van der Waals surface area contributed by atoms with Crippen LogP contribution in [0.5, 0.6) is 11.5 Å². The molecule has 0 aliphatic carbocycles. The van der Waals surface area contributed by atoms with Gasteiger partial charge in [0.15, 0.2) is 0 Å². The second kappa shape index (κ2) is 11.8. The van der Waals surface area contributed by atoms with Gasteiger partial charge in [0.1, 0.15) is 11.5 Å². The van der Waals surface area contributed by atoms with Crippen LogP contribution in [0, 0.1) is 0 Å². The Labute approximate surface area is 280 Å². The Morgan fingerprint density at radius 2 is 0.896 bits per heavy atom. The number of benzene rings is 8. The van der Waals surface area contributed by atoms with Crippen LogP contribution in [0.3, 0.4) is 0 Å². The van der Waals surface area contributed by atoms with Crippen molar-refractivity contribution in [3.05, 3.63) is 188 Å². The second-order valence-corrected chi connectivity index (χ2v) is 12.2. The first-order chi connectivity index (χ1) is 23.8. The number of hydrogen-bond donors (Lipinski definition) is 0. The quantitative estimate of drug-likeness (QED) is 0.191. The van der Waals surface area contributed by atoms with Gasteiger partial charge in [0.05, 0.1) is 0 Å². The van der Waals surface area contributed by atoms with Crippen LogP contribution in [0.1, 0.15) is 0 Å². The standard InChI is InChI=1S/C46H31NO/c1-3-12-32(13-4-1)34-22-25-37(26-23-34)47(38-27-24-33-14-7-8-17-36(33)30-38)39-28-29-44-43(31-39)41-18-9-10-19-42(41)46-40(20-11-21-45(46)48-44)35-15-5-2-6-16-35/h1-31H. The molecule has 0 radical (unpaired) electrons. The van der Waals surface area contributed by atoms with Gasteiger partial charge in [-0.05, 0) is 92.7 Å². The van der Waals surface area contributed by atoms with E-state index in [1.54, 1.807) is 0 Å². The van der Waals surface area contributed by atoms with E-state index in [1.165, 1.54) is 27.5 Å². The van der Waals surface area contributed by atoms with E-state index in [9.17, 15) is 0 Å². The molecule has 0 amide bonds. The van der Waals surface area contributed by atoms with Crippen LogP contribution >= 0.6 is 0 Å². The van der Waals surface area contributed by atoms with Crippen LogP contribution in [0.2, 0.25) is 0 Å². The topological polar surface area (TPSA) is 12.5 Å². The smallest absolute Gasteiger partial charge is 0.135 e. The number of ether oxygens (including phenoxy) is 1. The maximum atomic E-state index is 6.80. The molecule has 48 heavy (non-hydrogen) atoms. The molecule has 0 fully saturated rings. The second-order valence-electron chi connectivity index (χ2n) is 12.2. The van der Waals surface area contributed by atoms with Crippen LogP contribution in [-0.2, 0) is 0 Å². The first kappa shape index (κ1) is 27.9. The maximum Gasteiger partial charge on any atom is 0.135 e. The molecule has 0 spiro atoms. The third-order valence-corrected chi connectivity index (χ3v) is 9.26. The van der Waals surface area contributed by atoms with Crippen molar-refractivity contribution in [2.75, 3.05) is 4.90 Å². The Hall–Kier alpha value is -6.38. The van der Waals surface area contributed by atoms with Crippen molar-refractivity contribution in [1.82, 2.24) is 0 Å². The summed E-state index contributed by atoms with van der Waals surface area (Å²) < 4.78 is 6.80. The number of fused-ring (bicyclic) bond motifs is 6. The lowest BCUT2D eigenvalue weighted by Gasteiger charge is -2.27. The van der Waals surface area contributed by atoms with Crippen molar-refractivity contribution in [1.29, 1.82) is 0 Å². The van der Waals surface area contributed by atoms with Gasteiger partial charge in [-0.2, -0.15) is 0 Å². The summed E-state index contributed by atoms with van der Waals surface area (Å²) in [6.07, 6.45) is 0. The Bertz CT molecular complexity index is 2410. The van der Waals surface area contributed by atoms with Crippen LogP contribution in [0.25, 0.3) is 55.3 Å². The van der Waals surface area contributed by atoms with Gasteiger partial charge in [-0.1, -0.05) is 140 Å². The minimum atomic E-state index is 0.841. The highest BCUT2D eigenvalue weighted by Gasteiger charge is 2.25. The molecule has 2 heteroatoms. The lowest BCUT2D eigenvalue weighted by molar-refractivity contribution is 0.488. The van der Waals surface area contributed by atoms with Crippen molar-refractivity contribution in [2.24, 2.45) is 0 Å². The maximum absolute atomic E-state index is 6.80. The average molecular weight is 614 g/mol. The molecule has 1 heterocycles. The average Bonchev–Trinajstić information content (AvgIpc) is 3.30. The van der Waals surface area contributed by atoms with E-state index in [0.717, 1.165) is 56.4 Å². The van der Waals surface area contributed by atoms with E-state index in [1.807, 2.05) is 0 Å². The Kier molecular flexibility index (Phi) is 6.84. The zero-order valence-corrected chi connectivity index (χ0v) is 26.3. The molecule has 8 aromatic carbocycles. The fourth-order valence-electron chi connectivity index (χ4n) is 6.96. The van der Waals surface area contributed by atoms with E-state index < -0.39 is 0 Å². The molecule has 226 valence electrons. The largest absolute Gasteiger partial charge is 0.456 e. The van der Waals surface area contributed by atoms with Crippen LogP contribution in [-0.4, -0.2) is 0 Å². The zero-order chi connectivity index (χ0) is 31.9. The molecule has 0 bridgehead atoms. The Morgan fingerprint density at radius 3 is 1.69 bits per heavy atom. The highest BCUT2D eigenvalue weighted by atomic mass is 16.5. The van der Waals surface area contributed by atoms with Gasteiger partial charge in [-0.3, -0.25) is 0 Å². The summed E-state index contributed by atoms with van der Waals surface area (Å²) in [6.45, 7) is 0. The summed E-state index contributed by atoms with van der Waals surface area (Å²) in [6, 6.07) is 66.8. The molecule has 0 atom stereocenters. The van der Waals surface area contributed by atoms with Crippen molar-refractivity contribution in [2.45, 2.75) is 0 Å². The minimum Gasteiger partial charge on any atom is -0.456 e.